The van der Waals surface area contributed by atoms with Crippen LogP contribution in [-0.2, 0) is 0 Å². The van der Waals surface area contributed by atoms with Gasteiger partial charge in [-0.3, -0.25) is 0 Å². The summed E-state index contributed by atoms with van der Waals surface area (Å²) in [6.07, 6.45) is 10.3. The first-order valence-electron chi connectivity index (χ1n) is 9.41. The summed E-state index contributed by atoms with van der Waals surface area (Å²) in [6, 6.07) is 5.02. The molecule has 0 radical (unpaired) electrons. The Morgan fingerprint density at radius 2 is 1.00 bits per heavy atom. The fourth-order valence-electron chi connectivity index (χ4n) is 1.90. The van der Waals surface area contributed by atoms with Gasteiger partial charge in [-0.15, -0.1) is 0 Å². The smallest absolute Gasteiger partial charge is 0.335 e. The van der Waals surface area contributed by atoms with Gasteiger partial charge in [0.2, 0.25) is 0 Å². The molecule has 150 valence electrons. The van der Waals surface area contributed by atoms with E-state index in [0.717, 1.165) is 13.1 Å². The van der Waals surface area contributed by atoms with Gasteiger partial charge >= 0.3 is 11.9 Å². The zero-order valence-corrected chi connectivity index (χ0v) is 16.2. The standard InChI is InChI=1S/C8H6O4.2C6H15N/c9-7(10)5-1-2-6(4-3-5)8(11)12;2*1-2-3-4-5-6-7/h1-4H,(H,9,10)(H,11,12);2*2-7H2,1H3. The Balaban J connectivity index is 0. The molecule has 6 nitrogen and oxygen atoms in total. The van der Waals surface area contributed by atoms with Crippen molar-refractivity contribution in [3.8, 4) is 0 Å². The van der Waals surface area contributed by atoms with Crippen molar-refractivity contribution in [3.63, 3.8) is 0 Å². The fraction of sp³-hybridized carbons (Fsp3) is 0.600. The first-order valence-corrected chi connectivity index (χ1v) is 9.41. The predicted octanol–water partition coefficient (Wildman–Crippen LogP) is 4.13. The summed E-state index contributed by atoms with van der Waals surface area (Å²) >= 11 is 0. The maximum Gasteiger partial charge on any atom is 0.335 e. The van der Waals surface area contributed by atoms with Crippen molar-refractivity contribution in [3.05, 3.63) is 35.4 Å². The molecule has 0 heterocycles. The van der Waals surface area contributed by atoms with Gasteiger partial charge in [-0.1, -0.05) is 52.4 Å². The van der Waals surface area contributed by atoms with Gasteiger partial charge < -0.3 is 21.7 Å². The molecule has 0 bridgehead atoms. The third kappa shape index (κ3) is 16.9. The highest BCUT2D eigenvalue weighted by Gasteiger charge is 2.04. The van der Waals surface area contributed by atoms with E-state index in [1.54, 1.807) is 0 Å². The third-order valence-corrected chi connectivity index (χ3v) is 3.49. The number of carbonyl (C=O) groups is 2. The average Bonchev–Trinajstić information content (AvgIpc) is 2.64. The van der Waals surface area contributed by atoms with E-state index < -0.39 is 11.9 Å². The maximum atomic E-state index is 10.3. The van der Waals surface area contributed by atoms with Crippen LogP contribution < -0.4 is 11.5 Å². The monoisotopic (exact) mass is 368 g/mol. The molecule has 0 saturated carbocycles. The summed E-state index contributed by atoms with van der Waals surface area (Å²) in [5.74, 6) is -2.13. The molecule has 0 saturated heterocycles. The van der Waals surface area contributed by atoms with E-state index in [0.29, 0.717) is 0 Å². The van der Waals surface area contributed by atoms with E-state index in [1.807, 2.05) is 0 Å². The lowest BCUT2D eigenvalue weighted by molar-refractivity contribution is 0.0681. The largest absolute Gasteiger partial charge is 0.478 e. The van der Waals surface area contributed by atoms with Crippen LogP contribution in [0.2, 0.25) is 0 Å². The van der Waals surface area contributed by atoms with Gasteiger partial charge in [-0.25, -0.2) is 9.59 Å². The van der Waals surface area contributed by atoms with Crippen LogP contribution in [0.25, 0.3) is 0 Å². The highest BCUT2D eigenvalue weighted by molar-refractivity contribution is 5.91. The number of benzene rings is 1. The summed E-state index contributed by atoms with van der Waals surface area (Å²) in [7, 11) is 0. The molecule has 0 aromatic heterocycles. The van der Waals surface area contributed by atoms with E-state index in [9.17, 15) is 9.59 Å². The number of carboxylic acids is 2. The topological polar surface area (TPSA) is 127 Å². The second-order valence-electron chi connectivity index (χ2n) is 5.89. The average molecular weight is 369 g/mol. The normalized spacial score (nSPS) is 9.38. The van der Waals surface area contributed by atoms with Gasteiger partial charge in [0.25, 0.3) is 0 Å². The molecule has 0 aliphatic rings. The Bertz CT molecular complexity index is 410. The minimum Gasteiger partial charge on any atom is -0.478 e. The van der Waals surface area contributed by atoms with Crippen LogP contribution in [0.1, 0.15) is 85.9 Å². The molecule has 26 heavy (non-hydrogen) atoms. The van der Waals surface area contributed by atoms with Gasteiger partial charge in [-0.05, 0) is 50.2 Å². The van der Waals surface area contributed by atoms with Crippen molar-refractivity contribution in [1.82, 2.24) is 0 Å². The zero-order chi connectivity index (χ0) is 20.2. The molecule has 1 aromatic carbocycles. The fourth-order valence-corrected chi connectivity index (χ4v) is 1.90. The summed E-state index contributed by atoms with van der Waals surface area (Å²) in [4.78, 5) is 20.7. The second-order valence-corrected chi connectivity index (χ2v) is 5.89. The molecule has 1 rings (SSSR count). The summed E-state index contributed by atoms with van der Waals surface area (Å²) in [5, 5.41) is 16.9. The molecule has 6 heteroatoms. The van der Waals surface area contributed by atoms with Crippen molar-refractivity contribution in [1.29, 1.82) is 0 Å². The predicted molar refractivity (Wildman–Crippen MR) is 107 cm³/mol. The molecule has 6 N–H and O–H groups in total. The van der Waals surface area contributed by atoms with Crippen molar-refractivity contribution in [2.75, 3.05) is 13.1 Å². The highest BCUT2D eigenvalue weighted by atomic mass is 16.4. The number of carboxylic acid groups (broad SMARTS) is 2. The van der Waals surface area contributed by atoms with Crippen LogP contribution in [0.3, 0.4) is 0 Å². The van der Waals surface area contributed by atoms with E-state index in [2.05, 4.69) is 13.8 Å². The van der Waals surface area contributed by atoms with Gasteiger partial charge in [0.15, 0.2) is 0 Å². The number of nitrogens with two attached hydrogens (primary N) is 2. The van der Waals surface area contributed by atoms with Gasteiger partial charge in [0, 0.05) is 0 Å². The van der Waals surface area contributed by atoms with Crippen LogP contribution in [0.5, 0.6) is 0 Å². The SMILES string of the molecule is CCCCCCN.CCCCCCN.O=C(O)c1ccc(C(=O)O)cc1. The molecule has 0 amide bonds. The number of hydrogen-bond acceptors (Lipinski definition) is 4. The first-order chi connectivity index (χ1) is 12.4. The quantitative estimate of drug-likeness (QED) is 0.460. The zero-order valence-electron chi connectivity index (χ0n) is 16.2. The highest BCUT2D eigenvalue weighted by Crippen LogP contribution is 2.03. The van der Waals surface area contributed by atoms with E-state index in [-0.39, 0.29) is 11.1 Å². The van der Waals surface area contributed by atoms with Crippen molar-refractivity contribution in [2.24, 2.45) is 11.5 Å². The molecule has 0 unspecified atom stereocenters. The second kappa shape index (κ2) is 19.4. The Hall–Kier alpha value is -1.92. The van der Waals surface area contributed by atoms with Crippen LogP contribution in [0.15, 0.2) is 24.3 Å². The Morgan fingerprint density at radius 1 is 0.692 bits per heavy atom. The molecule has 1 aromatic rings. The first kappa shape index (κ1) is 26.3. The molecule has 0 aliphatic carbocycles. The summed E-state index contributed by atoms with van der Waals surface area (Å²) in [6.45, 7) is 6.13. The van der Waals surface area contributed by atoms with Gasteiger partial charge in [0.05, 0.1) is 11.1 Å². The lowest BCUT2D eigenvalue weighted by Crippen LogP contribution is -1.99. The Labute approximate surface area is 157 Å². The Morgan fingerprint density at radius 3 is 1.19 bits per heavy atom. The molecule has 0 aliphatic heterocycles. The van der Waals surface area contributed by atoms with Crippen LogP contribution >= 0.6 is 0 Å². The number of hydrogen-bond donors (Lipinski definition) is 4. The summed E-state index contributed by atoms with van der Waals surface area (Å²) in [5.41, 5.74) is 10.7. The minimum atomic E-state index is -1.06. The Kier molecular flexibility index (Phi) is 19.6. The third-order valence-electron chi connectivity index (χ3n) is 3.49. The lowest BCUT2D eigenvalue weighted by atomic mass is 10.1. The maximum absolute atomic E-state index is 10.3. The molecule has 0 atom stereocenters. The number of rotatable bonds is 10. The van der Waals surface area contributed by atoms with Crippen molar-refractivity contribution >= 4 is 11.9 Å². The molecular formula is C20H36N2O4. The van der Waals surface area contributed by atoms with E-state index >= 15 is 0 Å². The van der Waals surface area contributed by atoms with Gasteiger partial charge in [-0.2, -0.15) is 0 Å². The number of unbranched alkanes of at least 4 members (excludes halogenated alkanes) is 6. The van der Waals surface area contributed by atoms with E-state index in [4.69, 9.17) is 21.7 Å². The molecule has 0 spiro atoms. The van der Waals surface area contributed by atoms with Crippen molar-refractivity contribution < 1.29 is 19.8 Å². The minimum absolute atomic E-state index is 0.0833. The van der Waals surface area contributed by atoms with Crippen LogP contribution in [0.4, 0.5) is 0 Å². The van der Waals surface area contributed by atoms with E-state index in [1.165, 1.54) is 75.6 Å². The molecular weight excluding hydrogens is 332 g/mol. The van der Waals surface area contributed by atoms with Crippen LogP contribution in [0, 0.1) is 0 Å². The van der Waals surface area contributed by atoms with Crippen molar-refractivity contribution in [2.45, 2.75) is 65.2 Å². The summed E-state index contributed by atoms with van der Waals surface area (Å²) < 4.78 is 0. The van der Waals surface area contributed by atoms with Crippen LogP contribution in [-0.4, -0.2) is 35.2 Å². The van der Waals surface area contributed by atoms with Gasteiger partial charge in [0.1, 0.15) is 0 Å². The number of aromatic carboxylic acids is 2. The molecule has 0 fully saturated rings. The lowest BCUT2D eigenvalue weighted by Gasteiger charge is -1.94.